The zero-order chi connectivity index (χ0) is 11.3. The summed E-state index contributed by atoms with van der Waals surface area (Å²) in [5.74, 6) is 0.534. The Morgan fingerprint density at radius 1 is 1.53 bits per heavy atom. The molecule has 0 aromatic heterocycles. The number of nitriles is 1. The van der Waals surface area contributed by atoms with Crippen LogP contribution in [0.5, 0.6) is 5.75 Å². The minimum atomic E-state index is -0.0942. The van der Waals surface area contributed by atoms with Crippen molar-refractivity contribution in [2.24, 2.45) is 0 Å². The van der Waals surface area contributed by atoms with Crippen molar-refractivity contribution in [2.75, 3.05) is 13.7 Å². The summed E-state index contributed by atoms with van der Waals surface area (Å²) >= 11 is 5.76. The smallest absolute Gasteiger partial charge is 0.137 e. The van der Waals surface area contributed by atoms with E-state index in [2.05, 4.69) is 0 Å². The number of halogens is 1. The number of hydrogen-bond acceptors (Lipinski definition) is 3. The van der Waals surface area contributed by atoms with Crippen LogP contribution >= 0.6 is 11.6 Å². The highest BCUT2D eigenvalue weighted by atomic mass is 35.5. The number of rotatable bonds is 4. The monoisotopic (exact) mass is 225 g/mol. The van der Waals surface area contributed by atoms with Crippen LogP contribution in [0.4, 0.5) is 0 Å². The van der Waals surface area contributed by atoms with Crippen molar-refractivity contribution >= 4 is 11.6 Å². The highest BCUT2D eigenvalue weighted by Crippen LogP contribution is 2.22. The molecule has 80 valence electrons. The molecule has 1 aromatic rings. The summed E-state index contributed by atoms with van der Waals surface area (Å²) in [5.41, 5.74) is 0.436. The van der Waals surface area contributed by atoms with Gasteiger partial charge >= 0.3 is 0 Å². The predicted octanol–water partition coefficient (Wildman–Crippen LogP) is 2.63. The number of methoxy groups -OCH3 is 1. The Morgan fingerprint density at radius 2 is 2.27 bits per heavy atom. The van der Waals surface area contributed by atoms with E-state index in [1.165, 1.54) is 0 Å². The third kappa shape index (κ3) is 3.43. The second-order valence-electron chi connectivity index (χ2n) is 3.14. The Hall–Kier alpha value is -1.24. The third-order valence-corrected chi connectivity index (χ3v) is 2.03. The van der Waals surface area contributed by atoms with E-state index < -0.39 is 0 Å². The molecule has 1 aromatic carbocycles. The van der Waals surface area contributed by atoms with Gasteiger partial charge in [0.2, 0.25) is 0 Å². The first-order valence-corrected chi connectivity index (χ1v) is 4.90. The molecule has 1 atom stereocenters. The second-order valence-corrected chi connectivity index (χ2v) is 3.57. The van der Waals surface area contributed by atoms with Gasteiger partial charge in [-0.15, -0.1) is 0 Å². The summed E-state index contributed by atoms with van der Waals surface area (Å²) in [4.78, 5) is 0. The first-order valence-electron chi connectivity index (χ1n) is 4.52. The molecule has 1 rings (SSSR count). The molecule has 0 amide bonds. The third-order valence-electron chi connectivity index (χ3n) is 1.79. The van der Waals surface area contributed by atoms with Gasteiger partial charge in [0.15, 0.2) is 0 Å². The summed E-state index contributed by atoms with van der Waals surface area (Å²) < 4.78 is 10.5. The molecule has 1 unspecified atom stereocenters. The Balaban J connectivity index is 2.81. The SMILES string of the molecule is COCC(C)Oc1ccc(Cl)cc1C#N. The molecule has 0 aliphatic rings. The Kier molecular flexibility index (Phi) is 4.41. The van der Waals surface area contributed by atoms with Crippen molar-refractivity contribution < 1.29 is 9.47 Å². The van der Waals surface area contributed by atoms with Crippen LogP contribution in [-0.2, 0) is 4.74 Å². The van der Waals surface area contributed by atoms with E-state index in [9.17, 15) is 0 Å². The van der Waals surface area contributed by atoms with Crippen LogP contribution in [0.1, 0.15) is 12.5 Å². The molecule has 0 saturated carbocycles. The van der Waals surface area contributed by atoms with Crippen LogP contribution in [0.2, 0.25) is 5.02 Å². The minimum absolute atomic E-state index is 0.0942. The molecule has 0 saturated heterocycles. The van der Waals surface area contributed by atoms with E-state index >= 15 is 0 Å². The van der Waals surface area contributed by atoms with Crippen molar-refractivity contribution in [1.82, 2.24) is 0 Å². The van der Waals surface area contributed by atoms with Crippen LogP contribution in [0, 0.1) is 11.3 Å². The average Bonchev–Trinajstić information content (AvgIpc) is 2.21. The van der Waals surface area contributed by atoms with Gasteiger partial charge in [-0.1, -0.05) is 11.6 Å². The van der Waals surface area contributed by atoms with Crippen LogP contribution in [-0.4, -0.2) is 19.8 Å². The number of ether oxygens (including phenoxy) is 2. The summed E-state index contributed by atoms with van der Waals surface area (Å²) in [6.07, 6.45) is -0.0942. The largest absolute Gasteiger partial charge is 0.487 e. The van der Waals surface area contributed by atoms with E-state index in [1.54, 1.807) is 25.3 Å². The summed E-state index contributed by atoms with van der Waals surface area (Å²) in [6, 6.07) is 6.99. The van der Waals surface area contributed by atoms with Gasteiger partial charge < -0.3 is 9.47 Å². The van der Waals surface area contributed by atoms with Gasteiger partial charge in [-0.25, -0.2) is 0 Å². The van der Waals surface area contributed by atoms with E-state index in [0.717, 1.165) is 0 Å². The lowest BCUT2D eigenvalue weighted by molar-refractivity contribution is 0.0919. The van der Waals surface area contributed by atoms with Crippen molar-refractivity contribution in [3.63, 3.8) is 0 Å². The molecule has 3 nitrogen and oxygen atoms in total. The maximum Gasteiger partial charge on any atom is 0.137 e. The van der Waals surface area contributed by atoms with Gasteiger partial charge in [-0.2, -0.15) is 5.26 Å². The zero-order valence-electron chi connectivity index (χ0n) is 8.66. The second kappa shape index (κ2) is 5.59. The lowest BCUT2D eigenvalue weighted by Crippen LogP contribution is -2.18. The van der Waals surface area contributed by atoms with Crippen molar-refractivity contribution in [3.8, 4) is 11.8 Å². The lowest BCUT2D eigenvalue weighted by Gasteiger charge is -2.14. The normalized spacial score (nSPS) is 11.9. The quantitative estimate of drug-likeness (QED) is 0.791. The molecule has 0 radical (unpaired) electrons. The molecule has 0 heterocycles. The number of nitrogens with zero attached hydrogens (tertiary/aromatic N) is 1. The van der Waals surface area contributed by atoms with Crippen molar-refractivity contribution in [2.45, 2.75) is 13.0 Å². The van der Waals surface area contributed by atoms with Gasteiger partial charge in [0.1, 0.15) is 17.9 Å². The van der Waals surface area contributed by atoms with Crippen molar-refractivity contribution in [1.29, 1.82) is 5.26 Å². The fourth-order valence-electron chi connectivity index (χ4n) is 1.18. The van der Waals surface area contributed by atoms with Crippen LogP contribution in [0.15, 0.2) is 18.2 Å². The fourth-order valence-corrected chi connectivity index (χ4v) is 1.35. The molecule has 0 N–H and O–H groups in total. The van der Waals surface area contributed by atoms with Gasteiger partial charge in [0.05, 0.1) is 12.2 Å². The Labute approximate surface area is 94.2 Å². The average molecular weight is 226 g/mol. The molecular weight excluding hydrogens is 214 g/mol. The predicted molar refractivity (Wildman–Crippen MR) is 58.1 cm³/mol. The van der Waals surface area contributed by atoms with Crippen molar-refractivity contribution in [3.05, 3.63) is 28.8 Å². The minimum Gasteiger partial charge on any atom is -0.487 e. The van der Waals surface area contributed by atoms with Gasteiger partial charge in [-0.3, -0.25) is 0 Å². The molecule has 0 aliphatic carbocycles. The molecule has 0 bridgehead atoms. The Bertz CT molecular complexity index is 373. The summed E-state index contributed by atoms with van der Waals surface area (Å²) in [5, 5.41) is 9.39. The van der Waals surface area contributed by atoms with Crippen LogP contribution in [0.3, 0.4) is 0 Å². The summed E-state index contributed by atoms with van der Waals surface area (Å²) in [6.45, 7) is 2.35. The highest BCUT2D eigenvalue weighted by molar-refractivity contribution is 6.30. The van der Waals surface area contributed by atoms with E-state index in [-0.39, 0.29) is 6.10 Å². The van der Waals surface area contributed by atoms with E-state index in [0.29, 0.717) is 22.9 Å². The molecule has 0 spiro atoms. The molecule has 0 fully saturated rings. The van der Waals surface area contributed by atoms with E-state index in [4.69, 9.17) is 26.3 Å². The number of benzene rings is 1. The summed E-state index contributed by atoms with van der Waals surface area (Å²) in [7, 11) is 1.60. The van der Waals surface area contributed by atoms with E-state index in [1.807, 2.05) is 13.0 Å². The molecule has 15 heavy (non-hydrogen) atoms. The lowest BCUT2D eigenvalue weighted by atomic mass is 10.2. The van der Waals surface area contributed by atoms with Gasteiger partial charge in [-0.05, 0) is 25.1 Å². The topological polar surface area (TPSA) is 42.2 Å². The standard InChI is InChI=1S/C11H12ClNO2/c1-8(7-14-2)15-11-4-3-10(12)5-9(11)6-13/h3-5,8H,7H2,1-2H3. The first-order chi connectivity index (χ1) is 7.17. The molecule has 4 heteroatoms. The maximum absolute atomic E-state index is 8.87. The fraction of sp³-hybridized carbons (Fsp3) is 0.364. The van der Waals surface area contributed by atoms with Gasteiger partial charge in [0, 0.05) is 12.1 Å². The zero-order valence-corrected chi connectivity index (χ0v) is 9.41. The maximum atomic E-state index is 8.87. The highest BCUT2D eigenvalue weighted by Gasteiger charge is 2.08. The van der Waals surface area contributed by atoms with Crippen LogP contribution < -0.4 is 4.74 Å². The Morgan fingerprint density at radius 3 is 2.87 bits per heavy atom. The number of hydrogen-bond donors (Lipinski definition) is 0. The first kappa shape index (κ1) is 11.8. The van der Waals surface area contributed by atoms with Crippen LogP contribution in [0.25, 0.3) is 0 Å². The molecular formula is C11H12ClNO2. The molecule has 0 aliphatic heterocycles. The van der Waals surface area contributed by atoms with Gasteiger partial charge in [0.25, 0.3) is 0 Å².